The van der Waals surface area contributed by atoms with Crippen LogP contribution in [0.15, 0.2) is 47.6 Å². The van der Waals surface area contributed by atoms with Crippen LogP contribution in [-0.4, -0.2) is 37.6 Å². The number of rotatable bonds is 6. The molecule has 0 fully saturated rings. The molecule has 0 aromatic heterocycles. The van der Waals surface area contributed by atoms with Crippen LogP contribution < -0.4 is 20.8 Å². The number of benzene rings is 2. The first kappa shape index (κ1) is 20.6. The second kappa shape index (κ2) is 9.86. The Balaban J connectivity index is 1.95. The molecule has 0 saturated carbocycles. The van der Waals surface area contributed by atoms with Crippen LogP contribution in [-0.2, 0) is 14.4 Å². The number of ether oxygens (including phenoxy) is 1. The molecule has 8 nitrogen and oxygen atoms in total. The predicted molar refractivity (Wildman–Crippen MR) is 106 cm³/mol. The van der Waals surface area contributed by atoms with Crippen molar-refractivity contribution >= 4 is 29.6 Å². The van der Waals surface area contributed by atoms with Gasteiger partial charge in [-0.3, -0.25) is 14.4 Å². The van der Waals surface area contributed by atoms with Crippen molar-refractivity contribution in [3.63, 3.8) is 0 Å². The molecule has 8 heteroatoms. The van der Waals surface area contributed by atoms with E-state index in [1.165, 1.54) is 13.3 Å². The highest BCUT2D eigenvalue weighted by Crippen LogP contribution is 2.17. The maximum Gasteiger partial charge on any atom is 0.329 e. The van der Waals surface area contributed by atoms with E-state index in [2.05, 4.69) is 21.2 Å². The van der Waals surface area contributed by atoms with Crippen molar-refractivity contribution in [2.75, 3.05) is 19.0 Å². The maximum absolute atomic E-state index is 12.1. The third-order valence-corrected chi connectivity index (χ3v) is 3.87. The highest BCUT2D eigenvalue weighted by atomic mass is 16.5. The van der Waals surface area contributed by atoms with E-state index in [0.717, 1.165) is 11.1 Å². The molecule has 0 spiro atoms. The molecule has 2 aromatic carbocycles. The highest BCUT2D eigenvalue weighted by molar-refractivity contribution is 6.35. The van der Waals surface area contributed by atoms with Crippen molar-refractivity contribution in [3.05, 3.63) is 59.2 Å². The van der Waals surface area contributed by atoms with Gasteiger partial charge < -0.3 is 15.4 Å². The topological polar surface area (TPSA) is 109 Å². The van der Waals surface area contributed by atoms with E-state index >= 15 is 0 Å². The summed E-state index contributed by atoms with van der Waals surface area (Å²) in [6, 6.07) is 12.5. The minimum Gasteiger partial charge on any atom is -0.483 e. The molecule has 0 saturated heterocycles. The van der Waals surface area contributed by atoms with E-state index in [9.17, 15) is 14.4 Å². The second-order valence-electron chi connectivity index (χ2n) is 5.95. The first-order valence-corrected chi connectivity index (χ1v) is 8.54. The summed E-state index contributed by atoms with van der Waals surface area (Å²) in [5, 5.41) is 8.69. The van der Waals surface area contributed by atoms with Crippen LogP contribution in [0.3, 0.4) is 0 Å². The molecule has 0 bridgehead atoms. The number of anilines is 1. The Hall–Kier alpha value is -3.68. The number of hydrogen-bond donors (Lipinski definition) is 3. The minimum atomic E-state index is -0.884. The average Bonchev–Trinajstić information content (AvgIpc) is 2.69. The molecular formula is C20H22N4O4. The van der Waals surface area contributed by atoms with E-state index in [4.69, 9.17) is 4.74 Å². The Morgan fingerprint density at radius 1 is 1.04 bits per heavy atom. The zero-order valence-electron chi connectivity index (χ0n) is 15.9. The van der Waals surface area contributed by atoms with Crippen molar-refractivity contribution in [1.29, 1.82) is 0 Å². The summed E-state index contributed by atoms with van der Waals surface area (Å²) in [7, 11) is 1.34. The zero-order valence-corrected chi connectivity index (χ0v) is 15.9. The standard InChI is InChI=1S/C20H22N4O4/c1-13-8-9-16(10-14(13)2)23-18(25)12-28-17-7-5-4-6-15(17)11-22-24-20(27)19(26)21-3/h4-11H,12H2,1-3H3,(H,21,26)(H,23,25)(H,24,27)/b22-11-. The molecular weight excluding hydrogens is 360 g/mol. The number of carbonyl (C=O) groups excluding carboxylic acids is 3. The molecule has 0 heterocycles. The van der Waals surface area contributed by atoms with E-state index in [1.54, 1.807) is 24.3 Å². The molecule has 0 aliphatic carbocycles. The molecule has 3 amide bonds. The lowest BCUT2D eigenvalue weighted by Gasteiger charge is -2.10. The number of nitrogens with zero attached hydrogens (tertiary/aromatic N) is 1. The van der Waals surface area contributed by atoms with Gasteiger partial charge in [-0.25, -0.2) is 5.43 Å². The molecule has 28 heavy (non-hydrogen) atoms. The minimum absolute atomic E-state index is 0.192. The Morgan fingerprint density at radius 3 is 2.50 bits per heavy atom. The van der Waals surface area contributed by atoms with E-state index in [-0.39, 0.29) is 12.5 Å². The number of amides is 3. The van der Waals surface area contributed by atoms with E-state index in [1.807, 2.05) is 32.0 Å². The van der Waals surface area contributed by atoms with E-state index in [0.29, 0.717) is 17.0 Å². The Labute approximate surface area is 163 Å². The molecule has 0 aliphatic heterocycles. The third-order valence-electron chi connectivity index (χ3n) is 3.87. The van der Waals surface area contributed by atoms with Gasteiger partial charge in [0.1, 0.15) is 5.75 Å². The number of nitrogens with one attached hydrogen (secondary N) is 3. The van der Waals surface area contributed by atoms with E-state index < -0.39 is 11.8 Å². The molecule has 146 valence electrons. The number of carbonyl (C=O) groups is 3. The number of para-hydroxylation sites is 1. The lowest BCUT2D eigenvalue weighted by Crippen LogP contribution is -2.35. The van der Waals surface area contributed by atoms with Gasteiger partial charge in [0, 0.05) is 18.3 Å². The lowest BCUT2D eigenvalue weighted by molar-refractivity contribution is -0.138. The summed E-state index contributed by atoms with van der Waals surface area (Å²) in [6.45, 7) is 3.78. The molecule has 2 aromatic rings. The van der Waals surface area contributed by atoms with Crippen molar-refractivity contribution in [3.8, 4) is 5.75 Å². The SMILES string of the molecule is CNC(=O)C(=O)N/N=C\c1ccccc1OCC(=O)Nc1ccc(C)c(C)c1. The van der Waals surface area contributed by atoms with Crippen LogP contribution in [0.1, 0.15) is 16.7 Å². The monoisotopic (exact) mass is 382 g/mol. The average molecular weight is 382 g/mol. The molecule has 0 unspecified atom stereocenters. The Morgan fingerprint density at radius 2 is 1.79 bits per heavy atom. The van der Waals surface area contributed by atoms with Crippen molar-refractivity contribution < 1.29 is 19.1 Å². The van der Waals surface area contributed by atoms with Crippen LogP contribution in [0.4, 0.5) is 5.69 Å². The number of likely N-dealkylation sites (N-methyl/N-ethyl adjacent to an activating group) is 1. The fourth-order valence-corrected chi connectivity index (χ4v) is 2.20. The maximum atomic E-state index is 12.1. The Kier molecular flexibility index (Phi) is 7.27. The van der Waals surface area contributed by atoms with Gasteiger partial charge >= 0.3 is 11.8 Å². The van der Waals surface area contributed by atoms with Crippen molar-refractivity contribution in [2.24, 2.45) is 5.10 Å². The van der Waals surface area contributed by atoms with Gasteiger partial charge in [0.05, 0.1) is 6.21 Å². The lowest BCUT2D eigenvalue weighted by atomic mass is 10.1. The van der Waals surface area contributed by atoms with Crippen LogP contribution in [0.25, 0.3) is 0 Å². The van der Waals surface area contributed by atoms with Crippen molar-refractivity contribution in [2.45, 2.75) is 13.8 Å². The third kappa shape index (κ3) is 5.94. The molecule has 0 aliphatic rings. The highest BCUT2D eigenvalue weighted by Gasteiger charge is 2.10. The largest absolute Gasteiger partial charge is 0.483 e. The number of hydrogen-bond acceptors (Lipinski definition) is 5. The van der Waals surface area contributed by atoms with Crippen LogP contribution in [0, 0.1) is 13.8 Å². The summed E-state index contributed by atoms with van der Waals surface area (Å²) in [5.41, 5.74) is 5.57. The summed E-state index contributed by atoms with van der Waals surface area (Å²) in [6.07, 6.45) is 1.33. The van der Waals surface area contributed by atoms with Gasteiger partial charge in [-0.1, -0.05) is 18.2 Å². The zero-order chi connectivity index (χ0) is 20.5. The van der Waals surface area contributed by atoms with Gasteiger partial charge in [0.2, 0.25) is 0 Å². The predicted octanol–water partition coefficient (Wildman–Crippen LogP) is 1.52. The first-order chi connectivity index (χ1) is 13.4. The normalized spacial score (nSPS) is 10.4. The molecule has 3 N–H and O–H groups in total. The summed E-state index contributed by atoms with van der Waals surface area (Å²) in [4.78, 5) is 34.6. The first-order valence-electron chi connectivity index (χ1n) is 8.54. The molecule has 0 atom stereocenters. The quantitative estimate of drug-likeness (QED) is 0.400. The molecule has 2 rings (SSSR count). The summed E-state index contributed by atoms with van der Waals surface area (Å²) >= 11 is 0. The smallest absolute Gasteiger partial charge is 0.329 e. The van der Waals surface area contributed by atoms with Crippen molar-refractivity contribution in [1.82, 2.24) is 10.7 Å². The summed E-state index contributed by atoms with van der Waals surface area (Å²) < 4.78 is 5.56. The van der Waals surface area contributed by atoms with Gasteiger partial charge in [0.25, 0.3) is 5.91 Å². The van der Waals surface area contributed by atoms with Gasteiger partial charge in [-0.15, -0.1) is 0 Å². The fourth-order valence-electron chi connectivity index (χ4n) is 2.20. The van der Waals surface area contributed by atoms with Gasteiger partial charge in [0.15, 0.2) is 6.61 Å². The number of aryl methyl sites for hydroxylation is 2. The Bertz CT molecular complexity index is 909. The molecule has 0 radical (unpaired) electrons. The van der Waals surface area contributed by atoms with Crippen LogP contribution in [0.2, 0.25) is 0 Å². The van der Waals surface area contributed by atoms with Gasteiger partial charge in [-0.2, -0.15) is 5.10 Å². The van der Waals surface area contributed by atoms with Gasteiger partial charge in [-0.05, 0) is 49.2 Å². The number of hydrazone groups is 1. The summed E-state index contributed by atoms with van der Waals surface area (Å²) in [5.74, 6) is -1.58. The van der Waals surface area contributed by atoms with Crippen LogP contribution >= 0.6 is 0 Å². The van der Waals surface area contributed by atoms with Crippen LogP contribution in [0.5, 0.6) is 5.75 Å². The fraction of sp³-hybridized carbons (Fsp3) is 0.200. The second-order valence-corrected chi connectivity index (χ2v) is 5.95.